The molecule has 0 amide bonds. The second kappa shape index (κ2) is 7.18. The van der Waals surface area contributed by atoms with Gasteiger partial charge in [0.2, 0.25) is 0 Å². The van der Waals surface area contributed by atoms with Crippen LogP contribution >= 0.6 is 15.9 Å². The smallest absolute Gasteiger partial charge is 0.327 e. The molecule has 0 aromatic heterocycles. The van der Waals surface area contributed by atoms with E-state index in [9.17, 15) is 9.18 Å². The monoisotopic (exact) mass is 343 g/mol. The number of benzene rings is 1. The van der Waals surface area contributed by atoms with Crippen LogP contribution in [0.2, 0.25) is 0 Å². The van der Waals surface area contributed by atoms with Gasteiger partial charge in [-0.1, -0.05) is 25.3 Å². The van der Waals surface area contributed by atoms with Gasteiger partial charge in [-0.15, -0.1) is 0 Å². The van der Waals surface area contributed by atoms with Crippen LogP contribution in [0.4, 0.5) is 4.39 Å². The predicted molar refractivity (Wildman–Crippen MR) is 78.9 cm³/mol. The zero-order valence-corrected chi connectivity index (χ0v) is 13.1. The number of rotatable bonds is 4. The van der Waals surface area contributed by atoms with Crippen molar-refractivity contribution in [3.05, 3.63) is 34.1 Å². The number of halogens is 2. The Morgan fingerprint density at radius 2 is 2.10 bits per heavy atom. The summed E-state index contributed by atoms with van der Waals surface area (Å²) in [6.45, 7) is 0. The van der Waals surface area contributed by atoms with Crippen molar-refractivity contribution in [2.75, 3.05) is 7.11 Å². The van der Waals surface area contributed by atoms with E-state index in [1.807, 2.05) is 0 Å². The van der Waals surface area contributed by atoms with Crippen molar-refractivity contribution in [1.82, 2.24) is 5.32 Å². The van der Waals surface area contributed by atoms with Crippen molar-refractivity contribution in [3.8, 4) is 0 Å². The molecule has 1 aliphatic rings. The predicted octanol–water partition coefficient (Wildman–Crippen LogP) is 3.72. The van der Waals surface area contributed by atoms with Crippen LogP contribution in [0.25, 0.3) is 0 Å². The molecule has 0 radical (unpaired) electrons. The Morgan fingerprint density at radius 3 is 2.70 bits per heavy atom. The molecule has 2 rings (SSSR count). The lowest BCUT2D eigenvalue weighted by Gasteiger charge is -2.27. The van der Waals surface area contributed by atoms with Crippen LogP contribution in [-0.4, -0.2) is 19.1 Å². The number of carbonyl (C=O) groups excluding carboxylic acids is 1. The van der Waals surface area contributed by atoms with E-state index >= 15 is 0 Å². The summed E-state index contributed by atoms with van der Waals surface area (Å²) in [5.74, 6) is -0.677. The summed E-state index contributed by atoms with van der Waals surface area (Å²) in [6.07, 6.45) is 5.74. The molecule has 0 saturated heterocycles. The Hall–Kier alpha value is -0.940. The van der Waals surface area contributed by atoms with Crippen molar-refractivity contribution in [2.45, 2.75) is 44.2 Å². The molecule has 3 nitrogen and oxygen atoms in total. The molecule has 5 heteroatoms. The zero-order valence-electron chi connectivity index (χ0n) is 11.5. The lowest BCUT2D eigenvalue weighted by atomic mass is 9.94. The third-order valence-corrected chi connectivity index (χ3v) is 4.33. The van der Waals surface area contributed by atoms with E-state index in [2.05, 4.69) is 21.2 Å². The molecular formula is C15H19BrFNO2. The van der Waals surface area contributed by atoms with E-state index < -0.39 is 6.04 Å². The highest BCUT2D eigenvalue weighted by Crippen LogP contribution is 2.25. The van der Waals surface area contributed by atoms with Crippen molar-refractivity contribution >= 4 is 21.9 Å². The molecule has 0 aliphatic heterocycles. The van der Waals surface area contributed by atoms with E-state index in [0.29, 0.717) is 10.5 Å². The molecule has 1 N–H and O–H groups in total. The third kappa shape index (κ3) is 3.79. The molecule has 1 atom stereocenters. The molecule has 1 unspecified atom stereocenters. The maximum absolute atomic E-state index is 13.3. The molecule has 1 saturated carbocycles. The quantitative estimate of drug-likeness (QED) is 0.846. The van der Waals surface area contributed by atoms with Gasteiger partial charge in [-0.25, -0.2) is 9.18 Å². The van der Waals surface area contributed by atoms with Crippen molar-refractivity contribution < 1.29 is 13.9 Å². The summed E-state index contributed by atoms with van der Waals surface area (Å²) in [5.41, 5.74) is 0.718. The minimum absolute atomic E-state index is 0.316. The largest absolute Gasteiger partial charge is 0.468 e. The lowest BCUT2D eigenvalue weighted by Crippen LogP contribution is -2.38. The first-order valence-electron chi connectivity index (χ1n) is 6.90. The van der Waals surface area contributed by atoms with Crippen LogP contribution in [0.1, 0.15) is 43.7 Å². The highest BCUT2D eigenvalue weighted by molar-refractivity contribution is 9.10. The summed E-state index contributed by atoms with van der Waals surface area (Å²) in [5, 5.41) is 3.35. The molecule has 1 aliphatic carbocycles. The normalized spacial score (nSPS) is 17.8. The maximum Gasteiger partial charge on any atom is 0.327 e. The van der Waals surface area contributed by atoms with Crippen LogP contribution in [0.5, 0.6) is 0 Å². The fraction of sp³-hybridized carbons (Fsp3) is 0.533. The Labute approximate surface area is 127 Å². The zero-order chi connectivity index (χ0) is 14.5. The van der Waals surface area contributed by atoms with Gasteiger partial charge in [0.25, 0.3) is 0 Å². The van der Waals surface area contributed by atoms with Gasteiger partial charge in [-0.3, -0.25) is 5.32 Å². The summed E-state index contributed by atoms with van der Waals surface area (Å²) in [7, 11) is 1.37. The van der Waals surface area contributed by atoms with Crippen LogP contribution in [0, 0.1) is 5.82 Å². The topological polar surface area (TPSA) is 38.3 Å². The summed E-state index contributed by atoms with van der Waals surface area (Å²) < 4.78 is 18.5. The molecule has 0 bridgehead atoms. The van der Waals surface area contributed by atoms with Crippen LogP contribution in [-0.2, 0) is 9.53 Å². The van der Waals surface area contributed by atoms with Gasteiger partial charge in [0, 0.05) is 6.04 Å². The maximum atomic E-state index is 13.3. The van der Waals surface area contributed by atoms with E-state index in [-0.39, 0.29) is 11.8 Å². The van der Waals surface area contributed by atoms with Crippen LogP contribution in [0.15, 0.2) is 22.7 Å². The molecule has 1 fully saturated rings. The number of hydrogen-bond acceptors (Lipinski definition) is 3. The van der Waals surface area contributed by atoms with Gasteiger partial charge in [0.05, 0.1) is 11.6 Å². The Kier molecular flexibility index (Phi) is 5.54. The second-order valence-electron chi connectivity index (χ2n) is 5.13. The molecular weight excluding hydrogens is 325 g/mol. The third-order valence-electron chi connectivity index (χ3n) is 3.72. The minimum Gasteiger partial charge on any atom is -0.468 e. The number of esters is 1. The van der Waals surface area contributed by atoms with E-state index in [0.717, 1.165) is 18.4 Å². The van der Waals surface area contributed by atoms with Gasteiger partial charge in [-0.05, 0) is 46.5 Å². The molecule has 110 valence electrons. The van der Waals surface area contributed by atoms with Gasteiger partial charge in [0.1, 0.15) is 11.9 Å². The fourth-order valence-corrected chi connectivity index (χ4v) is 3.01. The number of hydrogen-bond donors (Lipinski definition) is 1. The van der Waals surface area contributed by atoms with E-state index in [1.165, 1.54) is 32.4 Å². The first kappa shape index (κ1) is 15.4. The van der Waals surface area contributed by atoms with E-state index in [1.54, 1.807) is 12.1 Å². The van der Waals surface area contributed by atoms with Gasteiger partial charge in [-0.2, -0.15) is 0 Å². The SMILES string of the molecule is COC(=O)C(NC1CCCCC1)c1ccc(F)c(Br)c1. The average molecular weight is 344 g/mol. The van der Waals surface area contributed by atoms with Crippen molar-refractivity contribution in [2.24, 2.45) is 0 Å². The lowest BCUT2D eigenvalue weighted by molar-refractivity contribution is -0.143. The Morgan fingerprint density at radius 1 is 1.40 bits per heavy atom. The standard InChI is InChI=1S/C15H19BrFNO2/c1-20-15(19)14(18-11-5-3-2-4-6-11)10-7-8-13(17)12(16)9-10/h7-9,11,14,18H,2-6H2,1H3. The fourth-order valence-electron chi connectivity index (χ4n) is 2.62. The summed E-state index contributed by atoms with van der Waals surface area (Å²) in [4.78, 5) is 12.0. The summed E-state index contributed by atoms with van der Waals surface area (Å²) >= 11 is 3.16. The van der Waals surface area contributed by atoms with Gasteiger partial charge in [0.15, 0.2) is 0 Å². The van der Waals surface area contributed by atoms with Crippen LogP contribution in [0.3, 0.4) is 0 Å². The van der Waals surface area contributed by atoms with Crippen molar-refractivity contribution in [3.63, 3.8) is 0 Å². The van der Waals surface area contributed by atoms with Crippen LogP contribution < -0.4 is 5.32 Å². The van der Waals surface area contributed by atoms with Gasteiger partial charge < -0.3 is 4.74 Å². The van der Waals surface area contributed by atoms with E-state index in [4.69, 9.17) is 4.74 Å². The average Bonchev–Trinajstić information content (AvgIpc) is 2.48. The second-order valence-corrected chi connectivity index (χ2v) is 5.99. The number of ether oxygens (including phenoxy) is 1. The first-order valence-corrected chi connectivity index (χ1v) is 7.70. The minimum atomic E-state index is -0.542. The molecule has 20 heavy (non-hydrogen) atoms. The summed E-state index contributed by atoms with van der Waals surface area (Å²) in [6, 6.07) is 4.39. The number of carbonyl (C=O) groups is 1. The number of methoxy groups -OCH3 is 1. The molecule has 1 aromatic carbocycles. The highest BCUT2D eigenvalue weighted by Gasteiger charge is 2.26. The highest BCUT2D eigenvalue weighted by atomic mass is 79.9. The van der Waals surface area contributed by atoms with Crippen molar-refractivity contribution in [1.29, 1.82) is 0 Å². The Bertz CT molecular complexity index is 475. The Balaban J connectivity index is 2.17. The molecule has 0 heterocycles. The molecule has 1 aromatic rings. The molecule has 0 spiro atoms. The van der Waals surface area contributed by atoms with Gasteiger partial charge >= 0.3 is 5.97 Å². The first-order chi connectivity index (χ1) is 9.61. The number of nitrogens with one attached hydrogen (secondary N) is 1.